The van der Waals surface area contributed by atoms with Crippen LogP contribution in [0.5, 0.6) is 0 Å². The largest absolute Gasteiger partial charge is 0.343 e. The summed E-state index contributed by atoms with van der Waals surface area (Å²) in [7, 11) is 0. The maximum atomic E-state index is 12.2. The highest BCUT2D eigenvalue weighted by atomic mass is 35.5. The molecule has 2 atom stereocenters. The van der Waals surface area contributed by atoms with Crippen molar-refractivity contribution in [2.75, 3.05) is 26.2 Å². The fraction of sp³-hybridized carbons (Fsp3) is 0.562. The van der Waals surface area contributed by atoms with Gasteiger partial charge in [-0.15, -0.1) is 0 Å². The molecule has 2 aliphatic heterocycles. The van der Waals surface area contributed by atoms with E-state index in [1.54, 1.807) is 0 Å². The molecule has 2 saturated heterocycles. The van der Waals surface area contributed by atoms with Gasteiger partial charge in [0.25, 0.3) is 0 Å². The van der Waals surface area contributed by atoms with Crippen LogP contribution in [0.15, 0.2) is 18.2 Å². The van der Waals surface area contributed by atoms with Crippen LogP contribution in [0.3, 0.4) is 0 Å². The van der Waals surface area contributed by atoms with E-state index in [9.17, 15) is 4.79 Å². The van der Waals surface area contributed by atoms with E-state index in [1.165, 1.54) is 5.56 Å². The maximum absolute atomic E-state index is 12.2. The Balaban J connectivity index is 1.73. The Hall–Kier alpha value is -0.770. The number of nitrogens with one attached hydrogen (secondary N) is 1. The van der Waals surface area contributed by atoms with Crippen molar-refractivity contribution < 1.29 is 4.79 Å². The average Bonchev–Trinajstić information content (AvgIpc) is 2.40. The predicted octanol–water partition coefficient (Wildman–Crippen LogP) is 3.31. The molecule has 3 nitrogen and oxygen atoms in total. The molecular formula is C16H20Cl2N2O. The van der Waals surface area contributed by atoms with E-state index in [1.807, 2.05) is 23.1 Å². The van der Waals surface area contributed by atoms with Gasteiger partial charge in [0, 0.05) is 26.1 Å². The van der Waals surface area contributed by atoms with Crippen molar-refractivity contribution in [3.63, 3.8) is 0 Å². The Bertz CT molecular complexity index is 531. The van der Waals surface area contributed by atoms with Crippen LogP contribution in [-0.2, 0) is 4.79 Å². The Kier molecular flexibility index (Phi) is 4.72. The highest BCUT2D eigenvalue weighted by Gasteiger charge is 2.31. The van der Waals surface area contributed by atoms with E-state index >= 15 is 0 Å². The lowest BCUT2D eigenvalue weighted by atomic mass is 9.79. The second kappa shape index (κ2) is 6.55. The minimum Gasteiger partial charge on any atom is -0.343 e. The smallest absolute Gasteiger partial charge is 0.222 e. The highest BCUT2D eigenvalue weighted by molar-refractivity contribution is 6.42. The molecule has 0 aliphatic carbocycles. The van der Waals surface area contributed by atoms with Gasteiger partial charge in [-0.1, -0.05) is 29.3 Å². The third-order valence-corrected chi connectivity index (χ3v) is 5.38. The van der Waals surface area contributed by atoms with Crippen LogP contribution in [0, 0.1) is 5.92 Å². The van der Waals surface area contributed by atoms with Gasteiger partial charge in [0.1, 0.15) is 0 Å². The lowest BCUT2D eigenvalue weighted by Gasteiger charge is -2.36. The predicted molar refractivity (Wildman–Crippen MR) is 86.0 cm³/mol. The van der Waals surface area contributed by atoms with Crippen LogP contribution in [-0.4, -0.2) is 37.0 Å². The van der Waals surface area contributed by atoms with E-state index in [2.05, 4.69) is 5.32 Å². The number of hydrogen-bond donors (Lipinski definition) is 1. The SMILES string of the molecule is O=C(C[C@@H]1CCNCC1c1ccc(Cl)c(Cl)c1)N1CCC1. The molecule has 0 saturated carbocycles. The Labute approximate surface area is 135 Å². The molecule has 21 heavy (non-hydrogen) atoms. The number of rotatable bonds is 3. The Morgan fingerprint density at radius 3 is 2.76 bits per heavy atom. The van der Waals surface area contributed by atoms with Gasteiger partial charge in [0.2, 0.25) is 5.91 Å². The van der Waals surface area contributed by atoms with Crippen molar-refractivity contribution in [1.82, 2.24) is 10.2 Å². The molecule has 0 radical (unpaired) electrons. The molecule has 0 aromatic heterocycles. The highest BCUT2D eigenvalue weighted by Crippen LogP contribution is 2.35. The monoisotopic (exact) mass is 326 g/mol. The van der Waals surface area contributed by atoms with Gasteiger partial charge in [0.15, 0.2) is 0 Å². The van der Waals surface area contributed by atoms with Gasteiger partial charge in [-0.25, -0.2) is 0 Å². The molecule has 1 unspecified atom stereocenters. The minimum atomic E-state index is 0.304. The zero-order valence-corrected chi connectivity index (χ0v) is 13.5. The molecule has 1 aromatic rings. The summed E-state index contributed by atoms with van der Waals surface area (Å²) in [6.45, 7) is 3.74. The fourth-order valence-electron chi connectivity index (χ4n) is 3.21. The lowest BCUT2D eigenvalue weighted by Crippen LogP contribution is -2.44. The molecule has 2 aliphatic rings. The zero-order chi connectivity index (χ0) is 14.8. The Morgan fingerprint density at radius 2 is 2.10 bits per heavy atom. The topological polar surface area (TPSA) is 32.3 Å². The number of carbonyl (C=O) groups excluding carboxylic acids is 1. The molecule has 1 N–H and O–H groups in total. The Morgan fingerprint density at radius 1 is 1.29 bits per heavy atom. The number of piperidine rings is 1. The maximum Gasteiger partial charge on any atom is 0.222 e. The number of halogens is 2. The summed E-state index contributed by atoms with van der Waals surface area (Å²) in [5, 5.41) is 4.60. The summed E-state index contributed by atoms with van der Waals surface area (Å²) >= 11 is 12.1. The van der Waals surface area contributed by atoms with Crippen LogP contribution in [0.1, 0.15) is 30.7 Å². The first-order valence-electron chi connectivity index (χ1n) is 7.58. The van der Waals surface area contributed by atoms with Crippen LogP contribution >= 0.6 is 23.2 Å². The van der Waals surface area contributed by atoms with Crippen molar-refractivity contribution >= 4 is 29.1 Å². The average molecular weight is 327 g/mol. The van der Waals surface area contributed by atoms with Gasteiger partial charge in [-0.2, -0.15) is 0 Å². The van der Waals surface area contributed by atoms with E-state index in [4.69, 9.17) is 23.2 Å². The second-order valence-electron chi connectivity index (χ2n) is 5.97. The van der Waals surface area contributed by atoms with E-state index in [-0.39, 0.29) is 0 Å². The van der Waals surface area contributed by atoms with E-state index in [0.717, 1.165) is 39.0 Å². The van der Waals surface area contributed by atoms with Crippen LogP contribution in [0.4, 0.5) is 0 Å². The number of nitrogens with zero attached hydrogens (tertiary/aromatic N) is 1. The van der Waals surface area contributed by atoms with Crippen molar-refractivity contribution in [3.8, 4) is 0 Å². The van der Waals surface area contributed by atoms with Gasteiger partial charge in [-0.3, -0.25) is 4.79 Å². The molecule has 114 valence electrons. The summed E-state index contributed by atoms with van der Waals surface area (Å²) in [5.74, 6) is 1.02. The van der Waals surface area contributed by atoms with Crippen LogP contribution in [0.25, 0.3) is 0 Å². The second-order valence-corrected chi connectivity index (χ2v) is 6.79. The number of benzene rings is 1. The summed E-state index contributed by atoms with van der Waals surface area (Å²) in [6, 6.07) is 5.83. The molecular weight excluding hydrogens is 307 g/mol. The first-order chi connectivity index (χ1) is 10.1. The summed E-state index contributed by atoms with van der Waals surface area (Å²) in [4.78, 5) is 14.2. The van der Waals surface area contributed by atoms with Crippen molar-refractivity contribution in [2.45, 2.75) is 25.2 Å². The number of likely N-dealkylation sites (tertiary alicyclic amines) is 1. The number of hydrogen-bond acceptors (Lipinski definition) is 2. The zero-order valence-electron chi connectivity index (χ0n) is 11.9. The quantitative estimate of drug-likeness (QED) is 0.924. The molecule has 3 rings (SSSR count). The molecule has 0 spiro atoms. The van der Waals surface area contributed by atoms with Gasteiger partial charge in [0.05, 0.1) is 10.0 Å². The van der Waals surface area contributed by atoms with Gasteiger partial charge < -0.3 is 10.2 Å². The van der Waals surface area contributed by atoms with E-state index in [0.29, 0.717) is 34.2 Å². The number of carbonyl (C=O) groups is 1. The molecule has 2 fully saturated rings. The fourth-order valence-corrected chi connectivity index (χ4v) is 3.52. The first-order valence-corrected chi connectivity index (χ1v) is 8.34. The standard InChI is InChI=1S/C16H20Cl2N2O/c17-14-3-2-11(8-15(14)18)13-10-19-5-4-12(13)9-16(21)20-6-1-7-20/h2-3,8,12-13,19H,1,4-7,9-10H2/t12-,13?/m0/s1. The summed E-state index contributed by atoms with van der Waals surface area (Å²) in [5.41, 5.74) is 1.18. The van der Waals surface area contributed by atoms with Crippen molar-refractivity contribution in [2.24, 2.45) is 5.92 Å². The van der Waals surface area contributed by atoms with Crippen molar-refractivity contribution in [3.05, 3.63) is 33.8 Å². The molecule has 1 amide bonds. The van der Waals surface area contributed by atoms with E-state index < -0.39 is 0 Å². The lowest BCUT2D eigenvalue weighted by molar-refractivity contribution is -0.136. The molecule has 1 aromatic carbocycles. The molecule has 2 heterocycles. The van der Waals surface area contributed by atoms with Gasteiger partial charge in [-0.05, 0) is 48.9 Å². The number of amides is 1. The third-order valence-electron chi connectivity index (χ3n) is 4.64. The minimum absolute atomic E-state index is 0.304. The van der Waals surface area contributed by atoms with Crippen LogP contribution in [0.2, 0.25) is 10.0 Å². The molecule has 5 heteroatoms. The summed E-state index contributed by atoms with van der Waals surface area (Å²) < 4.78 is 0. The normalized spacial score (nSPS) is 25.5. The van der Waals surface area contributed by atoms with Crippen molar-refractivity contribution in [1.29, 1.82) is 0 Å². The van der Waals surface area contributed by atoms with Crippen LogP contribution < -0.4 is 5.32 Å². The molecule has 0 bridgehead atoms. The summed E-state index contributed by atoms with van der Waals surface area (Å²) in [6.07, 6.45) is 2.82. The third kappa shape index (κ3) is 3.36. The van der Waals surface area contributed by atoms with Gasteiger partial charge >= 0.3 is 0 Å². The first kappa shape index (κ1) is 15.1.